The van der Waals surface area contributed by atoms with Crippen LogP contribution in [0.1, 0.15) is 109 Å². The second kappa shape index (κ2) is 13.9. The largest absolute Gasteiger partial charge is 0.474 e. The van der Waals surface area contributed by atoms with Crippen LogP contribution in [0, 0.1) is 0 Å². The van der Waals surface area contributed by atoms with Crippen molar-refractivity contribution in [2.75, 3.05) is 0 Å². The zero-order chi connectivity index (χ0) is 19.3. The summed E-state index contributed by atoms with van der Waals surface area (Å²) in [5, 5.41) is 1.65. The summed E-state index contributed by atoms with van der Waals surface area (Å²) < 4.78 is 6.04. The average Bonchev–Trinajstić information content (AvgIpc) is 3.16. The Kier molecular flexibility index (Phi) is 12.8. The highest BCUT2D eigenvalue weighted by atomic mass is 32.1. The van der Waals surface area contributed by atoms with Gasteiger partial charge in [-0.05, 0) is 12.5 Å². The molecule has 0 spiro atoms. The molecule has 1 nitrogen and oxygen atoms in total. The lowest BCUT2D eigenvalue weighted by atomic mass is 10.0. The fourth-order valence-electron chi connectivity index (χ4n) is 4.07. The minimum absolute atomic E-state index is 0.346. The topological polar surface area (TPSA) is 13.1 Å². The van der Waals surface area contributed by atoms with E-state index in [-0.39, 0.29) is 0 Å². The maximum Gasteiger partial charge on any atom is 0.131 e. The molecule has 3 heteroatoms. The fourth-order valence-corrected chi connectivity index (χ4v) is 7.71. The molecule has 0 amide bonds. The first-order valence-corrected chi connectivity index (χ1v) is 14.5. The van der Waals surface area contributed by atoms with Crippen LogP contribution in [0.4, 0.5) is 0 Å². The fraction of sp³-hybridized carbons (Fsp3) is 0.826. The molecule has 152 valence electrons. The van der Waals surface area contributed by atoms with Gasteiger partial charge >= 0.3 is 0 Å². The first-order chi connectivity index (χ1) is 12.6. The summed E-state index contributed by atoms with van der Waals surface area (Å²) in [7, 11) is -1.38. The van der Waals surface area contributed by atoms with Crippen molar-refractivity contribution in [2.45, 2.75) is 122 Å². The molecule has 1 heterocycles. The maximum atomic E-state index is 6.04. The van der Waals surface area contributed by atoms with Crippen LogP contribution in [-0.2, 0) is 0 Å². The molecule has 0 N–H and O–H groups in total. The van der Waals surface area contributed by atoms with E-state index in [0.717, 1.165) is 0 Å². The molecule has 0 aliphatic heterocycles. The highest BCUT2D eigenvalue weighted by molar-refractivity contribution is 7.80. The lowest BCUT2D eigenvalue weighted by molar-refractivity contribution is 0.547. The SMILES string of the molecule is CCCCCCCCCCCCC(S)c1coc([Si](CC)(CC)CC)c1. The molecule has 0 aliphatic rings. The number of furan rings is 1. The van der Waals surface area contributed by atoms with Gasteiger partial charge in [0.2, 0.25) is 0 Å². The first kappa shape index (κ1) is 23.9. The molecule has 0 saturated carbocycles. The van der Waals surface area contributed by atoms with Gasteiger partial charge in [0.25, 0.3) is 0 Å². The number of unbranched alkanes of at least 4 members (excludes halogenated alkanes) is 9. The standard InChI is InChI=1S/C23H44OSSi/c1-5-9-10-11-12-13-14-15-16-17-18-22(25)21-19-23(24-20-21)26(6-2,7-3)8-4/h19-20,22,25H,5-18H2,1-4H3. The predicted molar refractivity (Wildman–Crippen MR) is 124 cm³/mol. The summed E-state index contributed by atoms with van der Waals surface area (Å²) in [6.45, 7) is 9.30. The van der Waals surface area contributed by atoms with Gasteiger partial charge in [-0.2, -0.15) is 12.6 Å². The Morgan fingerprint density at radius 1 is 0.808 bits per heavy atom. The van der Waals surface area contributed by atoms with E-state index in [4.69, 9.17) is 17.0 Å². The van der Waals surface area contributed by atoms with Gasteiger partial charge < -0.3 is 4.42 Å². The molecule has 0 bridgehead atoms. The van der Waals surface area contributed by atoms with E-state index in [1.165, 1.54) is 99.7 Å². The van der Waals surface area contributed by atoms with Gasteiger partial charge in [0.1, 0.15) is 8.07 Å². The molecule has 0 radical (unpaired) electrons. The predicted octanol–water partition coefficient (Wildman–Crippen LogP) is 8.28. The molecule has 0 aliphatic carbocycles. The highest BCUT2D eigenvalue weighted by Crippen LogP contribution is 2.29. The number of hydrogen-bond donors (Lipinski definition) is 1. The van der Waals surface area contributed by atoms with Gasteiger partial charge in [-0.15, -0.1) is 0 Å². The highest BCUT2D eigenvalue weighted by Gasteiger charge is 2.33. The molecule has 1 aromatic rings. The van der Waals surface area contributed by atoms with E-state index in [1.807, 2.05) is 6.26 Å². The van der Waals surface area contributed by atoms with Crippen LogP contribution in [0.3, 0.4) is 0 Å². The van der Waals surface area contributed by atoms with Crippen molar-refractivity contribution in [3.8, 4) is 0 Å². The monoisotopic (exact) mass is 396 g/mol. The van der Waals surface area contributed by atoms with Crippen molar-refractivity contribution in [1.82, 2.24) is 0 Å². The van der Waals surface area contributed by atoms with Crippen LogP contribution in [-0.4, -0.2) is 8.07 Å². The number of rotatable bonds is 16. The quantitative estimate of drug-likeness (QED) is 0.168. The first-order valence-electron chi connectivity index (χ1n) is 11.4. The Bertz CT molecular complexity index is 445. The molecular weight excluding hydrogens is 352 g/mol. The summed E-state index contributed by atoms with van der Waals surface area (Å²) in [4.78, 5) is 0. The minimum atomic E-state index is -1.38. The van der Waals surface area contributed by atoms with Gasteiger partial charge in [0.15, 0.2) is 0 Å². The number of hydrogen-bond acceptors (Lipinski definition) is 2. The van der Waals surface area contributed by atoms with E-state index >= 15 is 0 Å². The summed E-state index contributed by atoms with van der Waals surface area (Å²) in [5.74, 6) is 0. The molecule has 1 unspecified atom stereocenters. The molecular formula is C23H44OSSi. The van der Waals surface area contributed by atoms with Crippen LogP contribution in [0.2, 0.25) is 18.1 Å². The third kappa shape index (κ3) is 7.84. The molecule has 0 aromatic carbocycles. The van der Waals surface area contributed by atoms with Gasteiger partial charge in [-0.1, -0.05) is 110 Å². The Labute approximate surface area is 170 Å². The maximum absolute atomic E-state index is 6.04. The molecule has 1 rings (SSSR count). The van der Waals surface area contributed by atoms with Crippen molar-refractivity contribution >= 4 is 26.1 Å². The summed E-state index contributed by atoms with van der Waals surface area (Å²) in [5.41, 5.74) is 1.31. The normalized spacial score (nSPS) is 13.3. The third-order valence-electron chi connectivity index (χ3n) is 6.39. The summed E-state index contributed by atoms with van der Waals surface area (Å²) >= 11 is 4.86. The lowest BCUT2D eigenvalue weighted by Gasteiger charge is -2.24. The van der Waals surface area contributed by atoms with E-state index in [9.17, 15) is 0 Å². The zero-order valence-corrected chi connectivity index (χ0v) is 19.9. The van der Waals surface area contributed by atoms with Gasteiger partial charge in [-0.25, -0.2) is 0 Å². The van der Waals surface area contributed by atoms with Gasteiger partial charge in [0.05, 0.1) is 11.6 Å². The Balaban J connectivity index is 2.23. The van der Waals surface area contributed by atoms with E-state index in [1.54, 1.807) is 0 Å². The average molecular weight is 397 g/mol. The Morgan fingerprint density at radius 2 is 1.31 bits per heavy atom. The van der Waals surface area contributed by atoms with Gasteiger partial charge in [0, 0.05) is 10.8 Å². The number of thiol groups is 1. The van der Waals surface area contributed by atoms with Crippen LogP contribution in [0.25, 0.3) is 0 Å². The van der Waals surface area contributed by atoms with Crippen molar-refractivity contribution < 1.29 is 4.42 Å². The lowest BCUT2D eigenvalue weighted by Crippen LogP contribution is -2.44. The Hall–Kier alpha value is -0.153. The third-order valence-corrected chi connectivity index (χ3v) is 12.3. The van der Waals surface area contributed by atoms with Crippen molar-refractivity contribution in [3.05, 3.63) is 17.9 Å². The molecule has 26 heavy (non-hydrogen) atoms. The van der Waals surface area contributed by atoms with Crippen LogP contribution in [0.15, 0.2) is 16.7 Å². The molecule has 1 aromatic heterocycles. The summed E-state index contributed by atoms with van der Waals surface area (Å²) in [6.07, 6.45) is 17.1. The van der Waals surface area contributed by atoms with E-state index in [2.05, 4.69) is 33.8 Å². The van der Waals surface area contributed by atoms with Crippen LogP contribution < -0.4 is 5.38 Å². The van der Waals surface area contributed by atoms with Crippen molar-refractivity contribution in [1.29, 1.82) is 0 Å². The minimum Gasteiger partial charge on any atom is -0.474 e. The summed E-state index contributed by atoms with van der Waals surface area (Å²) in [6, 6.07) is 6.19. The van der Waals surface area contributed by atoms with Crippen LogP contribution in [0.5, 0.6) is 0 Å². The smallest absolute Gasteiger partial charge is 0.131 e. The van der Waals surface area contributed by atoms with Crippen molar-refractivity contribution in [3.63, 3.8) is 0 Å². The second-order valence-corrected chi connectivity index (χ2v) is 13.9. The van der Waals surface area contributed by atoms with E-state index in [0.29, 0.717) is 5.25 Å². The Morgan fingerprint density at radius 3 is 1.81 bits per heavy atom. The molecule has 0 fully saturated rings. The molecule has 0 saturated heterocycles. The van der Waals surface area contributed by atoms with Crippen LogP contribution >= 0.6 is 12.6 Å². The van der Waals surface area contributed by atoms with Gasteiger partial charge in [-0.3, -0.25) is 0 Å². The zero-order valence-electron chi connectivity index (χ0n) is 18.0. The van der Waals surface area contributed by atoms with E-state index < -0.39 is 8.07 Å². The second-order valence-electron chi connectivity index (χ2n) is 8.07. The van der Waals surface area contributed by atoms with Crippen molar-refractivity contribution in [2.24, 2.45) is 0 Å². The molecule has 1 atom stereocenters.